The Bertz CT molecular complexity index is 577. The van der Waals surface area contributed by atoms with Crippen LogP contribution in [0.1, 0.15) is 5.56 Å². The molecule has 1 aromatic heterocycles. The SMILES string of the molecule is O=c1cc(CCl)c2cc(F)cc(F)c2o1. The van der Waals surface area contributed by atoms with Gasteiger partial charge in [-0.2, -0.15) is 0 Å². The minimum absolute atomic E-state index is 0.00894. The lowest BCUT2D eigenvalue weighted by Crippen LogP contribution is -2.01. The highest BCUT2D eigenvalue weighted by molar-refractivity contribution is 6.17. The lowest BCUT2D eigenvalue weighted by atomic mass is 10.1. The molecule has 0 aliphatic carbocycles. The van der Waals surface area contributed by atoms with Crippen molar-refractivity contribution in [1.82, 2.24) is 0 Å². The number of halogens is 3. The summed E-state index contributed by atoms with van der Waals surface area (Å²) in [5.41, 5.74) is -0.621. The predicted octanol–water partition coefficient (Wildman–Crippen LogP) is 2.81. The van der Waals surface area contributed by atoms with Crippen LogP contribution in [-0.4, -0.2) is 0 Å². The zero-order chi connectivity index (χ0) is 11.0. The lowest BCUT2D eigenvalue weighted by molar-refractivity contribution is 0.515. The summed E-state index contributed by atoms with van der Waals surface area (Å²) in [4.78, 5) is 11.0. The van der Waals surface area contributed by atoms with Gasteiger partial charge in [-0.05, 0) is 11.6 Å². The first-order valence-electron chi connectivity index (χ1n) is 4.09. The van der Waals surface area contributed by atoms with Crippen LogP contribution >= 0.6 is 11.6 Å². The molecule has 1 heterocycles. The summed E-state index contributed by atoms with van der Waals surface area (Å²) in [5, 5.41) is 0.183. The van der Waals surface area contributed by atoms with E-state index in [1.54, 1.807) is 0 Å². The van der Waals surface area contributed by atoms with E-state index in [1.807, 2.05) is 0 Å². The number of benzene rings is 1. The molecule has 5 heteroatoms. The average Bonchev–Trinajstić information content (AvgIpc) is 2.18. The minimum atomic E-state index is -0.908. The van der Waals surface area contributed by atoms with Gasteiger partial charge in [0.1, 0.15) is 5.82 Å². The molecule has 0 saturated heterocycles. The Morgan fingerprint density at radius 3 is 2.67 bits per heavy atom. The van der Waals surface area contributed by atoms with E-state index in [-0.39, 0.29) is 16.8 Å². The third-order valence-corrected chi connectivity index (χ3v) is 2.28. The van der Waals surface area contributed by atoms with Crippen molar-refractivity contribution < 1.29 is 13.2 Å². The Hall–Kier alpha value is -1.42. The normalized spacial score (nSPS) is 10.9. The van der Waals surface area contributed by atoms with Crippen molar-refractivity contribution in [2.24, 2.45) is 0 Å². The number of hydrogen-bond acceptors (Lipinski definition) is 2. The first-order chi connectivity index (χ1) is 7.11. The molecule has 0 radical (unpaired) electrons. The molecule has 0 amide bonds. The van der Waals surface area contributed by atoms with Gasteiger partial charge in [0.2, 0.25) is 0 Å². The highest BCUT2D eigenvalue weighted by Gasteiger charge is 2.11. The highest BCUT2D eigenvalue weighted by Crippen LogP contribution is 2.22. The Balaban J connectivity index is 2.96. The molecule has 0 N–H and O–H groups in total. The smallest absolute Gasteiger partial charge is 0.336 e. The molecular weight excluding hydrogens is 226 g/mol. The zero-order valence-corrected chi connectivity index (χ0v) is 8.15. The minimum Gasteiger partial charge on any atom is -0.420 e. The van der Waals surface area contributed by atoms with E-state index in [4.69, 9.17) is 11.6 Å². The van der Waals surface area contributed by atoms with Gasteiger partial charge in [-0.1, -0.05) is 0 Å². The first-order valence-corrected chi connectivity index (χ1v) is 4.63. The molecule has 0 spiro atoms. The van der Waals surface area contributed by atoms with Crippen molar-refractivity contribution in [3.05, 3.63) is 45.8 Å². The van der Waals surface area contributed by atoms with E-state index in [0.717, 1.165) is 12.1 Å². The molecule has 0 saturated carbocycles. The molecule has 0 atom stereocenters. The van der Waals surface area contributed by atoms with Gasteiger partial charge in [0.05, 0.1) is 0 Å². The maximum atomic E-state index is 13.2. The zero-order valence-electron chi connectivity index (χ0n) is 7.39. The fourth-order valence-electron chi connectivity index (χ4n) is 1.36. The summed E-state index contributed by atoms with van der Waals surface area (Å²) < 4.78 is 30.8. The Morgan fingerprint density at radius 1 is 1.27 bits per heavy atom. The van der Waals surface area contributed by atoms with Crippen LogP contribution in [-0.2, 0) is 5.88 Å². The second-order valence-corrected chi connectivity index (χ2v) is 3.26. The van der Waals surface area contributed by atoms with Crippen molar-refractivity contribution in [3.63, 3.8) is 0 Å². The highest BCUT2D eigenvalue weighted by atomic mass is 35.5. The Kier molecular flexibility index (Phi) is 2.44. The molecule has 1 aromatic carbocycles. The standard InChI is InChI=1S/C10H5ClF2O2/c11-4-5-1-9(14)15-10-7(5)2-6(12)3-8(10)13/h1-3H,4H2. The van der Waals surface area contributed by atoms with Gasteiger partial charge in [-0.15, -0.1) is 11.6 Å². The number of alkyl halides is 1. The second kappa shape index (κ2) is 3.62. The molecule has 0 fully saturated rings. The second-order valence-electron chi connectivity index (χ2n) is 2.99. The summed E-state index contributed by atoms with van der Waals surface area (Å²) >= 11 is 5.56. The number of hydrogen-bond donors (Lipinski definition) is 0. The summed E-state index contributed by atoms with van der Waals surface area (Å²) in [5.74, 6) is -1.65. The van der Waals surface area contributed by atoms with Crippen molar-refractivity contribution in [3.8, 4) is 0 Å². The Morgan fingerprint density at radius 2 is 2.00 bits per heavy atom. The summed E-state index contributed by atoms with van der Waals surface area (Å²) in [7, 11) is 0. The van der Waals surface area contributed by atoms with E-state index in [2.05, 4.69) is 4.42 Å². The number of rotatable bonds is 1. The molecule has 78 valence electrons. The molecule has 15 heavy (non-hydrogen) atoms. The maximum absolute atomic E-state index is 13.2. The fraction of sp³-hybridized carbons (Fsp3) is 0.100. The first kappa shape index (κ1) is 10.1. The lowest BCUT2D eigenvalue weighted by Gasteiger charge is -2.02. The van der Waals surface area contributed by atoms with Crippen LogP contribution in [0, 0.1) is 11.6 Å². The molecule has 2 rings (SSSR count). The van der Waals surface area contributed by atoms with Crippen LogP contribution in [0.5, 0.6) is 0 Å². The molecule has 0 bridgehead atoms. The summed E-state index contributed by atoms with van der Waals surface area (Å²) in [6.07, 6.45) is 0. The van der Waals surface area contributed by atoms with Crippen LogP contribution in [0.4, 0.5) is 8.78 Å². The number of fused-ring (bicyclic) bond motifs is 1. The predicted molar refractivity (Wildman–Crippen MR) is 52.0 cm³/mol. The molecule has 0 aliphatic rings. The van der Waals surface area contributed by atoms with Gasteiger partial charge >= 0.3 is 5.63 Å². The van der Waals surface area contributed by atoms with Gasteiger partial charge in [-0.25, -0.2) is 13.6 Å². The van der Waals surface area contributed by atoms with Gasteiger partial charge in [0, 0.05) is 23.4 Å². The van der Waals surface area contributed by atoms with Gasteiger partial charge in [0.15, 0.2) is 11.4 Å². The topological polar surface area (TPSA) is 30.2 Å². The largest absolute Gasteiger partial charge is 0.420 e. The van der Waals surface area contributed by atoms with Crippen molar-refractivity contribution in [2.75, 3.05) is 0 Å². The van der Waals surface area contributed by atoms with Gasteiger partial charge in [-0.3, -0.25) is 0 Å². The molecule has 2 nitrogen and oxygen atoms in total. The van der Waals surface area contributed by atoms with E-state index >= 15 is 0 Å². The van der Waals surface area contributed by atoms with Gasteiger partial charge in [0.25, 0.3) is 0 Å². The van der Waals surface area contributed by atoms with Crippen LogP contribution in [0.15, 0.2) is 27.4 Å². The van der Waals surface area contributed by atoms with Crippen LogP contribution in [0.2, 0.25) is 0 Å². The van der Waals surface area contributed by atoms with Crippen LogP contribution < -0.4 is 5.63 Å². The van der Waals surface area contributed by atoms with Crippen molar-refractivity contribution in [1.29, 1.82) is 0 Å². The van der Waals surface area contributed by atoms with E-state index in [1.165, 1.54) is 0 Å². The van der Waals surface area contributed by atoms with Crippen molar-refractivity contribution >= 4 is 22.6 Å². The molecule has 0 unspecified atom stereocenters. The molecular formula is C10H5ClF2O2. The van der Waals surface area contributed by atoms with Crippen molar-refractivity contribution in [2.45, 2.75) is 5.88 Å². The third-order valence-electron chi connectivity index (χ3n) is 1.99. The van der Waals surface area contributed by atoms with E-state index in [9.17, 15) is 13.6 Å². The summed E-state index contributed by atoms with van der Waals surface area (Å²) in [6, 6.07) is 2.86. The average molecular weight is 231 g/mol. The van der Waals surface area contributed by atoms with Crippen LogP contribution in [0.3, 0.4) is 0 Å². The van der Waals surface area contributed by atoms with E-state index < -0.39 is 17.3 Å². The Labute approximate surface area is 88.1 Å². The quantitative estimate of drug-likeness (QED) is 0.557. The molecule has 0 aliphatic heterocycles. The fourth-order valence-corrected chi connectivity index (χ4v) is 1.58. The van der Waals surface area contributed by atoms with Crippen LogP contribution in [0.25, 0.3) is 11.0 Å². The van der Waals surface area contributed by atoms with Gasteiger partial charge < -0.3 is 4.42 Å². The maximum Gasteiger partial charge on any atom is 0.336 e. The monoisotopic (exact) mass is 230 g/mol. The summed E-state index contributed by atoms with van der Waals surface area (Å²) in [6.45, 7) is 0. The third kappa shape index (κ3) is 1.72. The molecule has 2 aromatic rings. The van der Waals surface area contributed by atoms with E-state index in [0.29, 0.717) is 11.6 Å².